The Hall–Kier alpha value is -2.67. The molecule has 1 aliphatic rings. The van der Waals surface area contributed by atoms with Crippen molar-refractivity contribution < 1.29 is 9.53 Å². The average molecular weight is 441 g/mol. The van der Waals surface area contributed by atoms with Gasteiger partial charge in [0.1, 0.15) is 10.4 Å². The maximum absolute atomic E-state index is 11.9. The summed E-state index contributed by atoms with van der Waals surface area (Å²) in [6, 6.07) is 13.8. The first-order valence-corrected chi connectivity index (χ1v) is 9.97. The van der Waals surface area contributed by atoms with Gasteiger partial charge in [0.05, 0.1) is 23.9 Å². The van der Waals surface area contributed by atoms with Crippen molar-refractivity contribution in [2.24, 2.45) is 0 Å². The highest BCUT2D eigenvalue weighted by atomic mass is 79.9. The van der Waals surface area contributed by atoms with Crippen LogP contribution in [0.5, 0.6) is 0 Å². The molecule has 1 fully saturated rings. The van der Waals surface area contributed by atoms with Gasteiger partial charge in [-0.1, -0.05) is 6.07 Å². The molecular weight excluding hydrogens is 420 g/mol. The van der Waals surface area contributed by atoms with Crippen LogP contribution in [0.1, 0.15) is 17.3 Å². The molecule has 144 valence electrons. The number of halogens is 1. The predicted octanol–water partition coefficient (Wildman–Crippen LogP) is 3.89. The lowest BCUT2D eigenvalue weighted by atomic mass is 10.1. The summed E-state index contributed by atoms with van der Waals surface area (Å²) in [7, 11) is 1.39. The molecule has 1 aromatic carbocycles. The van der Waals surface area contributed by atoms with E-state index in [-0.39, 0.29) is 12.0 Å². The highest BCUT2D eigenvalue weighted by molar-refractivity contribution is 9.10. The van der Waals surface area contributed by atoms with Crippen LogP contribution in [-0.2, 0) is 4.74 Å². The monoisotopic (exact) mass is 440 g/mol. The Balaban J connectivity index is 1.63. The van der Waals surface area contributed by atoms with Gasteiger partial charge in [-0.3, -0.25) is 0 Å². The van der Waals surface area contributed by atoms with Gasteiger partial charge in [0.25, 0.3) is 0 Å². The number of methoxy groups -OCH3 is 1. The molecule has 7 heteroatoms. The smallest absolute Gasteiger partial charge is 0.337 e. The van der Waals surface area contributed by atoms with Crippen LogP contribution >= 0.6 is 15.9 Å². The number of rotatable bonds is 3. The van der Waals surface area contributed by atoms with Gasteiger partial charge < -0.3 is 14.5 Å². The van der Waals surface area contributed by atoms with Crippen molar-refractivity contribution >= 4 is 44.3 Å². The molecule has 1 aliphatic heterocycles. The van der Waals surface area contributed by atoms with Gasteiger partial charge in [0.15, 0.2) is 0 Å². The minimum Gasteiger partial charge on any atom is -0.465 e. The van der Waals surface area contributed by atoms with Gasteiger partial charge in [-0.25, -0.2) is 14.8 Å². The molecule has 28 heavy (non-hydrogen) atoms. The Morgan fingerprint density at radius 1 is 1.21 bits per heavy atom. The van der Waals surface area contributed by atoms with Crippen LogP contribution in [0.4, 0.5) is 11.5 Å². The standard InChI is InChI=1S/C21H21BrN4O2/c1-14-13-25(19-5-3-4-8-23-19)9-10-26(14)18-12-16-11-15(21(27)28-2)6-7-17(16)24-20(18)22/h3-8,11-12,14H,9-10,13H2,1-2H3/t14-/m0/s1. The number of benzene rings is 1. The van der Waals surface area contributed by atoms with E-state index in [0.717, 1.165) is 46.6 Å². The third-order valence-corrected chi connectivity index (χ3v) is 5.66. The van der Waals surface area contributed by atoms with Gasteiger partial charge >= 0.3 is 5.97 Å². The van der Waals surface area contributed by atoms with Crippen LogP contribution in [0.15, 0.2) is 53.3 Å². The Kier molecular flexibility index (Phi) is 5.17. The normalized spacial score (nSPS) is 17.0. The van der Waals surface area contributed by atoms with Crippen LogP contribution in [0.3, 0.4) is 0 Å². The molecule has 0 amide bonds. The zero-order valence-electron chi connectivity index (χ0n) is 15.8. The van der Waals surface area contributed by atoms with Gasteiger partial charge in [-0.05, 0) is 59.3 Å². The number of esters is 1. The summed E-state index contributed by atoms with van der Waals surface area (Å²) in [4.78, 5) is 25.7. The lowest BCUT2D eigenvalue weighted by Gasteiger charge is -2.42. The van der Waals surface area contributed by atoms with E-state index in [4.69, 9.17) is 4.74 Å². The zero-order chi connectivity index (χ0) is 19.7. The molecule has 0 aliphatic carbocycles. The van der Waals surface area contributed by atoms with Crippen molar-refractivity contribution in [2.45, 2.75) is 13.0 Å². The van der Waals surface area contributed by atoms with E-state index < -0.39 is 0 Å². The van der Waals surface area contributed by atoms with E-state index >= 15 is 0 Å². The number of anilines is 2. The summed E-state index contributed by atoms with van der Waals surface area (Å²) < 4.78 is 5.65. The summed E-state index contributed by atoms with van der Waals surface area (Å²) in [6.07, 6.45) is 1.83. The summed E-state index contributed by atoms with van der Waals surface area (Å²) in [5.74, 6) is 0.663. The minimum atomic E-state index is -0.344. The minimum absolute atomic E-state index is 0.287. The quantitative estimate of drug-likeness (QED) is 0.454. The van der Waals surface area contributed by atoms with Crippen LogP contribution in [0.2, 0.25) is 0 Å². The summed E-state index contributed by atoms with van der Waals surface area (Å²) in [5, 5.41) is 0.917. The van der Waals surface area contributed by atoms with E-state index in [1.54, 1.807) is 6.07 Å². The van der Waals surface area contributed by atoms with Crippen molar-refractivity contribution in [3.05, 3.63) is 58.8 Å². The van der Waals surface area contributed by atoms with Crippen LogP contribution < -0.4 is 9.80 Å². The molecule has 0 radical (unpaired) electrons. The summed E-state index contributed by atoms with van der Waals surface area (Å²) >= 11 is 3.63. The van der Waals surface area contributed by atoms with E-state index in [1.165, 1.54) is 7.11 Å². The fourth-order valence-corrected chi connectivity index (χ4v) is 4.19. The molecule has 1 saturated heterocycles. The molecule has 0 spiro atoms. The molecule has 0 N–H and O–H groups in total. The zero-order valence-corrected chi connectivity index (χ0v) is 17.4. The number of nitrogens with zero attached hydrogens (tertiary/aromatic N) is 4. The van der Waals surface area contributed by atoms with E-state index in [9.17, 15) is 4.79 Å². The van der Waals surface area contributed by atoms with Crippen LogP contribution in [0.25, 0.3) is 10.9 Å². The van der Waals surface area contributed by atoms with Crippen molar-refractivity contribution in [3.8, 4) is 0 Å². The molecule has 0 unspecified atom stereocenters. The van der Waals surface area contributed by atoms with Crippen molar-refractivity contribution in [3.63, 3.8) is 0 Å². The third-order valence-electron chi connectivity index (χ3n) is 5.08. The lowest BCUT2D eigenvalue weighted by molar-refractivity contribution is 0.0601. The molecule has 4 rings (SSSR count). The van der Waals surface area contributed by atoms with Gasteiger partial charge in [0.2, 0.25) is 0 Å². The number of fused-ring (bicyclic) bond motifs is 1. The number of hydrogen-bond acceptors (Lipinski definition) is 6. The van der Waals surface area contributed by atoms with Gasteiger partial charge in [0, 0.05) is 37.3 Å². The second-order valence-corrected chi connectivity index (χ2v) is 7.62. The Morgan fingerprint density at radius 3 is 2.79 bits per heavy atom. The number of aromatic nitrogens is 2. The first-order chi connectivity index (χ1) is 13.6. The number of hydrogen-bond donors (Lipinski definition) is 0. The van der Waals surface area contributed by atoms with Crippen molar-refractivity contribution in [1.29, 1.82) is 0 Å². The first-order valence-electron chi connectivity index (χ1n) is 9.18. The maximum Gasteiger partial charge on any atom is 0.337 e. The predicted molar refractivity (Wildman–Crippen MR) is 114 cm³/mol. The van der Waals surface area contributed by atoms with E-state index in [0.29, 0.717) is 5.56 Å². The summed E-state index contributed by atoms with van der Waals surface area (Å²) in [6.45, 7) is 4.83. The second kappa shape index (κ2) is 7.75. The third kappa shape index (κ3) is 3.54. The Labute approximate surface area is 172 Å². The van der Waals surface area contributed by atoms with Crippen LogP contribution in [-0.4, -0.2) is 48.7 Å². The molecule has 2 aromatic heterocycles. The maximum atomic E-state index is 11.9. The number of carbonyl (C=O) groups is 1. The highest BCUT2D eigenvalue weighted by Gasteiger charge is 2.26. The van der Waals surface area contributed by atoms with Crippen molar-refractivity contribution in [2.75, 3.05) is 36.5 Å². The summed E-state index contributed by atoms with van der Waals surface area (Å²) in [5.41, 5.74) is 2.39. The van der Waals surface area contributed by atoms with Crippen molar-refractivity contribution in [1.82, 2.24) is 9.97 Å². The fourth-order valence-electron chi connectivity index (χ4n) is 3.65. The molecule has 0 saturated carbocycles. The molecule has 0 bridgehead atoms. The molecule has 3 aromatic rings. The van der Waals surface area contributed by atoms with Gasteiger partial charge in [-0.2, -0.15) is 0 Å². The largest absolute Gasteiger partial charge is 0.465 e. The topological polar surface area (TPSA) is 58.6 Å². The Bertz CT molecular complexity index is 1010. The second-order valence-electron chi connectivity index (χ2n) is 6.87. The number of pyridine rings is 2. The molecular formula is C21H21BrN4O2. The number of ether oxygens (including phenoxy) is 1. The molecule has 1 atom stereocenters. The van der Waals surface area contributed by atoms with Gasteiger partial charge in [-0.15, -0.1) is 0 Å². The lowest BCUT2D eigenvalue weighted by Crippen LogP contribution is -2.52. The SMILES string of the molecule is COC(=O)c1ccc2nc(Br)c(N3CCN(c4ccccn4)C[C@@H]3C)cc2c1. The molecule has 6 nitrogen and oxygen atoms in total. The van der Waals surface area contributed by atoms with E-state index in [1.807, 2.05) is 36.5 Å². The fraction of sp³-hybridized carbons (Fsp3) is 0.286. The van der Waals surface area contributed by atoms with Crippen LogP contribution in [0, 0.1) is 0 Å². The first kappa shape index (κ1) is 18.7. The number of carbonyl (C=O) groups excluding carboxylic acids is 1. The number of piperazine rings is 1. The average Bonchev–Trinajstić information content (AvgIpc) is 2.73. The van der Waals surface area contributed by atoms with E-state index in [2.05, 4.69) is 48.7 Å². The Morgan fingerprint density at radius 2 is 2.07 bits per heavy atom. The molecule has 3 heterocycles. The highest BCUT2D eigenvalue weighted by Crippen LogP contribution is 2.32.